The Labute approximate surface area is 192 Å². The number of ether oxygens (including phenoxy) is 1. The first-order valence-corrected chi connectivity index (χ1v) is 11.2. The van der Waals surface area contributed by atoms with Gasteiger partial charge < -0.3 is 9.72 Å². The monoisotopic (exact) mass is 435 g/mol. The molecule has 0 bridgehead atoms. The Bertz CT molecular complexity index is 1400. The maximum atomic E-state index is 5.80. The van der Waals surface area contributed by atoms with Crippen LogP contribution in [0.1, 0.15) is 28.6 Å². The van der Waals surface area contributed by atoms with Gasteiger partial charge in [-0.25, -0.2) is 9.97 Å². The van der Waals surface area contributed by atoms with E-state index in [4.69, 9.17) is 4.74 Å². The van der Waals surface area contributed by atoms with Crippen molar-refractivity contribution >= 4 is 10.9 Å². The molecule has 0 spiro atoms. The van der Waals surface area contributed by atoms with E-state index in [1.165, 1.54) is 27.7 Å². The van der Waals surface area contributed by atoms with Crippen LogP contribution in [0.25, 0.3) is 16.9 Å². The summed E-state index contributed by atoms with van der Waals surface area (Å²) in [7, 11) is 1.75. The van der Waals surface area contributed by atoms with Gasteiger partial charge in [-0.3, -0.25) is 9.47 Å². The fourth-order valence-electron chi connectivity index (χ4n) is 5.07. The molecule has 6 rings (SSSR count). The molecular weight excluding hydrogens is 410 g/mol. The predicted molar refractivity (Wildman–Crippen MR) is 129 cm³/mol. The molecule has 0 radical (unpaired) electrons. The van der Waals surface area contributed by atoms with Gasteiger partial charge in [-0.05, 0) is 42.3 Å². The van der Waals surface area contributed by atoms with Crippen LogP contribution in [0.3, 0.4) is 0 Å². The average Bonchev–Trinajstić information content (AvgIpc) is 3.49. The number of hydrogen-bond acceptors (Lipinski definition) is 4. The van der Waals surface area contributed by atoms with E-state index in [9.17, 15) is 0 Å². The number of H-pyrrole nitrogens is 1. The maximum Gasteiger partial charge on any atom is 0.233 e. The Morgan fingerprint density at radius 3 is 2.67 bits per heavy atom. The van der Waals surface area contributed by atoms with Gasteiger partial charge in [-0.1, -0.05) is 36.4 Å². The molecule has 0 saturated carbocycles. The summed E-state index contributed by atoms with van der Waals surface area (Å²) in [6, 6.07) is 23.0. The second-order valence-corrected chi connectivity index (χ2v) is 8.35. The van der Waals surface area contributed by atoms with Crippen molar-refractivity contribution < 1.29 is 4.74 Å². The van der Waals surface area contributed by atoms with E-state index < -0.39 is 0 Å². The molecule has 6 heteroatoms. The van der Waals surface area contributed by atoms with E-state index in [0.717, 1.165) is 31.0 Å². The minimum absolute atomic E-state index is 0.0531. The van der Waals surface area contributed by atoms with E-state index >= 15 is 0 Å². The number of aromatic nitrogens is 4. The summed E-state index contributed by atoms with van der Waals surface area (Å²) in [6.45, 7) is 1.71. The Morgan fingerprint density at radius 1 is 0.970 bits per heavy atom. The molecule has 4 heterocycles. The van der Waals surface area contributed by atoms with Crippen LogP contribution >= 0.6 is 0 Å². The third-order valence-corrected chi connectivity index (χ3v) is 6.53. The molecule has 1 N–H and O–H groups in total. The van der Waals surface area contributed by atoms with Crippen molar-refractivity contribution in [1.29, 1.82) is 0 Å². The van der Waals surface area contributed by atoms with E-state index in [0.29, 0.717) is 5.95 Å². The maximum absolute atomic E-state index is 5.80. The number of nitrogens with one attached hydrogen (secondary N) is 1. The number of rotatable bonds is 5. The lowest BCUT2D eigenvalue weighted by Crippen LogP contribution is -2.36. The van der Waals surface area contributed by atoms with Crippen LogP contribution in [0, 0.1) is 0 Å². The zero-order valence-corrected chi connectivity index (χ0v) is 18.5. The Morgan fingerprint density at radius 2 is 1.79 bits per heavy atom. The smallest absolute Gasteiger partial charge is 0.233 e. The minimum Gasteiger partial charge on any atom is -0.496 e. The molecule has 33 heavy (non-hydrogen) atoms. The minimum atomic E-state index is 0.0531. The summed E-state index contributed by atoms with van der Waals surface area (Å²) in [5, 5.41) is 1.31. The standard InChI is InChI=1S/C27H25N5O/c1-33-24-12-5-3-10-22(24)26-25-21(20-9-2-4-11-23(20)30-25)13-17-31(26)18-19-8-6-16-32(19)27-28-14-7-15-29-27/h2-12,14-16,26,30H,13,17-18H2,1H3/t26-/m1/s1. The van der Waals surface area contributed by atoms with Gasteiger partial charge in [0.25, 0.3) is 0 Å². The number of fused-ring (bicyclic) bond motifs is 3. The van der Waals surface area contributed by atoms with Crippen molar-refractivity contribution in [2.24, 2.45) is 0 Å². The first-order chi connectivity index (χ1) is 16.3. The molecule has 1 atom stereocenters. The molecule has 1 aliphatic heterocycles. The summed E-state index contributed by atoms with van der Waals surface area (Å²) in [6.07, 6.45) is 6.58. The van der Waals surface area contributed by atoms with E-state index in [2.05, 4.69) is 72.9 Å². The van der Waals surface area contributed by atoms with Gasteiger partial charge in [0.05, 0.1) is 13.2 Å². The highest BCUT2D eigenvalue weighted by atomic mass is 16.5. The highest BCUT2D eigenvalue weighted by Gasteiger charge is 2.33. The molecule has 3 aromatic heterocycles. The summed E-state index contributed by atoms with van der Waals surface area (Å²) >= 11 is 0. The summed E-state index contributed by atoms with van der Waals surface area (Å²) in [5.74, 6) is 1.59. The number of benzene rings is 2. The highest BCUT2D eigenvalue weighted by Crippen LogP contribution is 2.42. The zero-order valence-electron chi connectivity index (χ0n) is 18.5. The molecular formula is C27H25N5O. The molecule has 0 amide bonds. The van der Waals surface area contributed by atoms with Crippen LogP contribution in [-0.2, 0) is 13.0 Å². The zero-order chi connectivity index (χ0) is 22.2. The van der Waals surface area contributed by atoms with Crippen LogP contribution in [-0.4, -0.2) is 38.1 Å². The quantitative estimate of drug-likeness (QED) is 0.426. The number of methoxy groups -OCH3 is 1. The fraction of sp³-hybridized carbons (Fsp3) is 0.185. The first-order valence-electron chi connectivity index (χ1n) is 11.2. The number of para-hydroxylation sites is 2. The molecule has 0 unspecified atom stereocenters. The molecule has 5 aromatic rings. The fourth-order valence-corrected chi connectivity index (χ4v) is 5.07. The van der Waals surface area contributed by atoms with Gasteiger partial charge in [0.15, 0.2) is 0 Å². The lowest BCUT2D eigenvalue weighted by atomic mass is 9.91. The van der Waals surface area contributed by atoms with Crippen molar-refractivity contribution in [1.82, 2.24) is 24.4 Å². The molecule has 164 valence electrons. The second kappa shape index (κ2) is 8.22. The average molecular weight is 436 g/mol. The molecule has 6 nitrogen and oxygen atoms in total. The van der Waals surface area contributed by atoms with Crippen molar-refractivity contribution in [3.8, 4) is 11.7 Å². The Kier molecular flexibility index (Phi) is 4.92. The van der Waals surface area contributed by atoms with Crippen LogP contribution < -0.4 is 4.74 Å². The van der Waals surface area contributed by atoms with Crippen molar-refractivity contribution in [2.45, 2.75) is 19.0 Å². The third-order valence-electron chi connectivity index (χ3n) is 6.53. The summed E-state index contributed by atoms with van der Waals surface area (Å²) in [4.78, 5) is 15.2. The normalized spacial score (nSPS) is 16.1. The van der Waals surface area contributed by atoms with Crippen molar-refractivity contribution in [3.63, 3.8) is 0 Å². The third kappa shape index (κ3) is 3.39. The van der Waals surface area contributed by atoms with Gasteiger partial charge in [0.2, 0.25) is 5.95 Å². The molecule has 2 aromatic carbocycles. The van der Waals surface area contributed by atoms with Crippen LogP contribution in [0.4, 0.5) is 0 Å². The SMILES string of the molecule is COc1ccccc1[C@@H]1c2[nH]c3ccccc3c2CCN1Cc1cccn1-c1ncccn1. The largest absolute Gasteiger partial charge is 0.496 e. The lowest BCUT2D eigenvalue weighted by Gasteiger charge is -2.36. The number of nitrogens with zero attached hydrogens (tertiary/aromatic N) is 4. The van der Waals surface area contributed by atoms with Crippen molar-refractivity contribution in [2.75, 3.05) is 13.7 Å². The lowest BCUT2D eigenvalue weighted by molar-refractivity contribution is 0.195. The number of hydrogen-bond donors (Lipinski definition) is 1. The van der Waals surface area contributed by atoms with Gasteiger partial charge in [-0.15, -0.1) is 0 Å². The molecule has 0 aliphatic carbocycles. The van der Waals surface area contributed by atoms with Gasteiger partial charge in [0.1, 0.15) is 5.75 Å². The Balaban J connectivity index is 1.46. The van der Waals surface area contributed by atoms with E-state index in [-0.39, 0.29) is 6.04 Å². The van der Waals surface area contributed by atoms with Crippen LogP contribution in [0.15, 0.2) is 85.3 Å². The molecule has 0 fully saturated rings. The van der Waals surface area contributed by atoms with Gasteiger partial charge in [-0.2, -0.15) is 0 Å². The summed E-state index contributed by atoms with van der Waals surface area (Å²) in [5.41, 5.74) is 6.16. The summed E-state index contributed by atoms with van der Waals surface area (Å²) < 4.78 is 7.87. The molecule has 1 aliphatic rings. The van der Waals surface area contributed by atoms with E-state index in [1.54, 1.807) is 19.5 Å². The molecule has 0 saturated heterocycles. The van der Waals surface area contributed by atoms with E-state index in [1.807, 2.05) is 24.4 Å². The van der Waals surface area contributed by atoms with Gasteiger partial charge in [0, 0.05) is 59.5 Å². The predicted octanol–water partition coefficient (Wildman–Crippen LogP) is 4.90. The van der Waals surface area contributed by atoms with Gasteiger partial charge >= 0.3 is 0 Å². The Hall–Kier alpha value is -3.90. The van der Waals surface area contributed by atoms with Crippen LogP contribution in [0.2, 0.25) is 0 Å². The second-order valence-electron chi connectivity index (χ2n) is 8.35. The number of aromatic amines is 1. The topological polar surface area (TPSA) is 59.0 Å². The highest BCUT2D eigenvalue weighted by molar-refractivity contribution is 5.85. The first kappa shape index (κ1) is 19.8. The van der Waals surface area contributed by atoms with Crippen LogP contribution in [0.5, 0.6) is 5.75 Å². The van der Waals surface area contributed by atoms with Crippen molar-refractivity contribution in [3.05, 3.63) is 108 Å².